The highest BCUT2D eigenvalue weighted by molar-refractivity contribution is 7.92. The summed E-state index contributed by atoms with van der Waals surface area (Å²) in [7, 11) is -8.20. The molecule has 2 aromatic rings. The standard InChI is InChI=1S/C24H26F5NO4S2/c1-14(2)22-11-15-13-23(10-9-21(15)30-36(22,33)34,19-12-17(25)5-8-20(19)26)35(31,32)18-6-3-16(4-7-18)24(27,28)29/h3-8,12,14-15,21-22,30H,9-11,13H2,1-2H3/t15?,21?,22-,23?/m1/s1. The van der Waals surface area contributed by atoms with Crippen LogP contribution in [0.3, 0.4) is 0 Å². The maximum absolute atomic E-state index is 15.1. The molecule has 4 atom stereocenters. The molecule has 1 aliphatic heterocycles. The van der Waals surface area contributed by atoms with Crippen LogP contribution in [0.5, 0.6) is 0 Å². The van der Waals surface area contributed by atoms with Crippen LogP contribution in [-0.4, -0.2) is 28.1 Å². The van der Waals surface area contributed by atoms with Gasteiger partial charge in [-0.2, -0.15) is 13.2 Å². The van der Waals surface area contributed by atoms with Gasteiger partial charge in [-0.25, -0.2) is 30.3 Å². The van der Waals surface area contributed by atoms with E-state index in [-0.39, 0.29) is 31.6 Å². The van der Waals surface area contributed by atoms with E-state index in [1.165, 1.54) is 0 Å². The Kier molecular flexibility index (Phi) is 6.79. The molecule has 1 aliphatic carbocycles. The Bertz CT molecular complexity index is 1360. The van der Waals surface area contributed by atoms with Gasteiger partial charge < -0.3 is 0 Å². The van der Waals surface area contributed by atoms with Gasteiger partial charge in [0.2, 0.25) is 10.0 Å². The monoisotopic (exact) mass is 551 g/mol. The Morgan fingerprint density at radius 2 is 1.69 bits per heavy atom. The fraction of sp³-hybridized carbons (Fsp3) is 0.500. The van der Waals surface area contributed by atoms with Crippen LogP contribution in [0.2, 0.25) is 0 Å². The first-order valence-corrected chi connectivity index (χ1v) is 14.5. The third kappa shape index (κ3) is 4.56. The molecule has 0 spiro atoms. The number of nitrogens with one attached hydrogen (secondary N) is 1. The average molecular weight is 552 g/mol. The van der Waals surface area contributed by atoms with Crippen molar-refractivity contribution in [1.82, 2.24) is 4.72 Å². The molecule has 3 unspecified atom stereocenters. The zero-order chi connectivity index (χ0) is 26.7. The first kappa shape index (κ1) is 27.0. The lowest BCUT2D eigenvalue weighted by atomic mass is 9.72. The number of benzene rings is 2. The number of fused-ring (bicyclic) bond motifs is 1. The third-order valence-corrected chi connectivity index (χ3v) is 12.1. The van der Waals surface area contributed by atoms with E-state index in [0.717, 1.165) is 30.3 Å². The van der Waals surface area contributed by atoms with Gasteiger partial charge in [0.15, 0.2) is 9.84 Å². The minimum absolute atomic E-state index is 0.0323. The summed E-state index contributed by atoms with van der Waals surface area (Å²) in [6.07, 6.45) is -4.98. The van der Waals surface area contributed by atoms with Crippen molar-refractivity contribution in [3.63, 3.8) is 0 Å². The van der Waals surface area contributed by atoms with Crippen LogP contribution < -0.4 is 4.72 Å². The molecule has 1 saturated heterocycles. The zero-order valence-electron chi connectivity index (χ0n) is 19.5. The van der Waals surface area contributed by atoms with Gasteiger partial charge in [0.1, 0.15) is 16.4 Å². The minimum Gasteiger partial charge on any atom is -0.223 e. The van der Waals surface area contributed by atoms with E-state index in [2.05, 4.69) is 4.72 Å². The molecule has 0 amide bonds. The fourth-order valence-corrected chi connectivity index (χ4v) is 9.91. The molecule has 36 heavy (non-hydrogen) atoms. The summed E-state index contributed by atoms with van der Waals surface area (Å²) >= 11 is 0. The molecule has 2 aliphatic rings. The summed E-state index contributed by atoms with van der Waals surface area (Å²) in [5.41, 5.74) is -1.45. The molecule has 4 rings (SSSR count). The summed E-state index contributed by atoms with van der Waals surface area (Å²) in [5.74, 6) is -2.61. The molecule has 0 bridgehead atoms. The predicted octanol–water partition coefficient (Wildman–Crippen LogP) is 5.17. The van der Waals surface area contributed by atoms with Crippen molar-refractivity contribution in [3.8, 4) is 0 Å². The van der Waals surface area contributed by atoms with Crippen molar-refractivity contribution in [2.45, 2.75) is 66.6 Å². The molecular formula is C24H26F5NO4S2. The van der Waals surface area contributed by atoms with Crippen LogP contribution >= 0.6 is 0 Å². The molecule has 5 nitrogen and oxygen atoms in total. The number of rotatable bonds is 4. The van der Waals surface area contributed by atoms with Gasteiger partial charge >= 0.3 is 6.18 Å². The molecule has 1 N–H and O–H groups in total. The van der Waals surface area contributed by atoms with Crippen LogP contribution in [0.25, 0.3) is 0 Å². The number of halogens is 5. The van der Waals surface area contributed by atoms with E-state index in [9.17, 15) is 34.4 Å². The van der Waals surface area contributed by atoms with Crippen molar-refractivity contribution < 1.29 is 38.8 Å². The van der Waals surface area contributed by atoms with E-state index < -0.39 is 75.7 Å². The second kappa shape index (κ2) is 9.05. The van der Waals surface area contributed by atoms with Crippen molar-refractivity contribution in [1.29, 1.82) is 0 Å². The van der Waals surface area contributed by atoms with Gasteiger partial charge in [0.05, 0.1) is 15.7 Å². The van der Waals surface area contributed by atoms with Crippen molar-refractivity contribution in [2.24, 2.45) is 11.8 Å². The number of alkyl halides is 3. The van der Waals surface area contributed by atoms with E-state index in [1.807, 2.05) is 0 Å². The van der Waals surface area contributed by atoms with Crippen molar-refractivity contribution in [2.75, 3.05) is 0 Å². The van der Waals surface area contributed by atoms with Crippen molar-refractivity contribution in [3.05, 3.63) is 65.2 Å². The Hall–Kier alpha value is -2.05. The van der Waals surface area contributed by atoms with Crippen LogP contribution in [0.1, 0.15) is 50.7 Å². The molecule has 1 heterocycles. The van der Waals surface area contributed by atoms with Crippen LogP contribution in [0.4, 0.5) is 22.0 Å². The van der Waals surface area contributed by atoms with Crippen LogP contribution in [-0.2, 0) is 30.8 Å². The minimum atomic E-state index is -4.68. The number of hydrogen-bond acceptors (Lipinski definition) is 4. The predicted molar refractivity (Wildman–Crippen MR) is 123 cm³/mol. The first-order chi connectivity index (χ1) is 16.6. The summed E-state index contributed by atoms with van der Waals surface area (Å²) < 4.78 is 123. The Morgan fingerprint density at radius 1 is 1.06 bits per heavy atom. The summed E-state index contributed by atoms with van der Waals surface area (Å²) in [6.45, 7) is 3.46. The van der Waals surface area contributed by atoms with Crippen molar-refractivity contribution >= 4 is 19.9 Å². The summed E-state index contributed by atoms with van der Waals surface area (Å²) in [6, 6.07) is 4.82. The van der Waals surface area contributed by atoms with Gasteiger partial charge in [0.25, 0.3) is 0 Å². The van der Waals surface area contributed by atoms with E-state index in [4.69, 9.17) is 0 Å². The highest BCUT2D eigenvalue weighted by Crippen LogP contribution is 2.52. The molecule has 0 radical (unpaired) electrons. The first-order valence-electron chi connectivity index (χ1n) is 11.5. The van der Waals surface area contributed by atoms with Gasteiger partial charge in [-0.3, -0.25) is 0 Å². The molecule has 0 aromatic heterocycles. The smallest absolute Gasteiger partial charge is 0.223 e. The summed E-state index contributed by atoms with van der Waals surface area (Å²) in [4.78, 5) is -0.450. The summed E-state index contributed by atoms with van der Waals surface area (Å²) in [5, 5.41) is -0.805. The zero-order valence-corrected chi connectivity index (χ0v) is 21.2. The Morgan fingerprint density at radius 3 is 2.28 bits per heavy atom. The molecule has 12 heteroatoms. The topological polar surface area (TPSA) is 80.3 Å². The second-order valence-electron chi connectivity index (χ2n) is 9.93. The molecule has 198 valence electrons. The number of sulfonamides is 1. The lowest BCUT2D eigenvalue weighted by molar-refractivity contribution is -0.137. The highest BCUT2D eigenvalue weighted by atomic mass is 32.2. The van der Waals surface area contributed by atoms with E-state index >= 15 is 4.39 Å². The van der Waals surface area contributed by atoms with E-state index in [0.29, 0.717) is 12.1 Å². The Balaban J connectivity index is 1.85. The third-order valence-electron chi connectivity index (χ3n) is 7.44. The van der Waals surface area contributed by atoms with E-state index in [1.54, 1.807) is 13.8 Å². The molecular weight excluding hydrogens is 525 g/mol. The van der Waals surface area contributed by atoms with Crippen LogP contribution in [0, 0.1) is 23.5 Å². The maximum Gasteiger partial charge on any atom is 0.416 e. The van der Waals surface area contributed by atoms with Gasteiger partial charge in [-0.05, 0) is 80.0 Å². The lowest BCUT2D eigenvalue weighted by Gasteiger charge is -2.48. The second-order valence-corrected chi connectivity index (χ2v) is 14.1. The van der Waals surface area contributed by atoms with Gasteiger partial charge in [-0.1, -0.05) is 13.8 Å². The average Bonchev–Trinajstić information content (AvgIpc) is 2.78. The SMILES string of the molecule is CC(C)[C@H]1CC2CC(c3cc(F)ccc3F)(S(=O)(=O)c3ccc(C(F)(F)F)cc3)CCC2NS1(=O)=O. The van der Waals surface area contributed by atoms with Gasteiger partial charge in [0, 0.05) is 11.6 Å². The maximum atomic E-state index is 15.1. The Labute approximate surface area is 207 Å². The lowest BCUT2D eigenvalue weighted by Crippen LogP contribution is -2.58. The largest absolute Gasteiger partial charge is 0.416 e. The van der Waals surface area contributed by atoms with Gasteiger partial charge in [-0.15, -0.1) is 0 Å². The molecule has 2 aromatic carbocycles. The highest BCUT2D eigenvalue weighted by Gasteiger charge is 2.55. The quantitative estimate of drug-likeness (QED) is 0.532. The number of hydrogen-bond donors (Lipinski definition) is 1. The normalized spacial score (nSPS) is 28.6. The number of sulfone groups is 1. The molecule has 2 fully saturated rings. The fourth-order valence-electron chi connectivity index (χ4n) is 5.58. The molecule has 1 saturated carbocycles. The van der Waals surface area contributed by atoms with Crippen LogP contribution in [0.15, 0.2) is 47.4 Å².